The van der Waals surface area contributed by atoms with E-state index in [0.717, 1.165) is 31.7 Å². The van der Waals surface area contributed by atoms with Gasteiger partial charge in [0.1, 0.15) is 0 Å². The van der Waals surface area contributed by atoms with Crippen LogP contribution in [0.2, 0.25) is 5.02 Å². The zero-order valence-electron chi connectivity index (χ0n) is 11.7. The minimum absolute atomic E-state index is 0.0563. The van der Waals surface area contributed by atoms with Crippen molar-refractivity contribution < 1.29 is 9.53 Å². The van der Waals surface area contributed by atoms with Crippen molar-refractivity contribution >= 4 is 23.2 Å². The normalized spacial score (nSPS) is 21.9. The summed E-state index contributed by atoms with van der Waals surface area (Å²) >= 11 is 5.87. The highest BCUT2D eigenvalue weighted by Gasteiger charge is 2.26. The Morgan fingerprint density at radius 1 is 1.50 bits per heavy atom. The van der Waals surface area contributed by atoms with E-state index in [1.807, 2.05) is 12.1 Å². The van der Waals surface area contributed by atoms with Gasteiger partial charge in [-0.1, -0.05) is 24.6 Å². The van der Waals surface area contributed by atoms with Gasteiger partial charge in [0.05, 0.1) is 12.6 Å². The maximum atomic E-state index is 11.8. The number of benzene rings is 1. The molecule has 2 N–H and O–H groups in total. The van der Waals surface area contributed by atoms with Crippen LogP contribution >= 0.6 is 11.6 Å². The molecule has 1 saturated heterocycles. The van der Waals surface area contributed by atoms with Gasteiger partial charge >= 0.3 is 0 Å². The SMILES string of the molecule is CCC1OCCC1CNCC(=O)Nc1cccc(Cl)c1. The third kappa shape index (κ3) is 4.47. The zero-order chi connectivity index (χ0) is 14.4. The summed E-state index contributed by atoms with van der Waals surface area (Å²) in [6, 6.07) is 7.15. The average molecular weight is 297 g/mol. The Kier molecular flexibility index (Phi) is 5.83. The van der Waals surface area contributed by atoms with Crippen LogP contribution in [0.25, 0.3) is 0 Å². The van der Waals surface area contributed by atoms with Gasteiger partial charge in [0.25, 0.3) is 0 Å². The van der Waals surface area contributed by atoms with E-state index in [-0.39, 0.29) is 5.91 Å². The van der Waals surface area contributed by atoms with Crippen molar-refractivity contribution in [2.45, 2.75) is 25.9 Å². The standard InChI is InChI=1S/C15H21ClN2O2/c1-2-14-11(6-7-20-14)9-17-10-15(19)18-13-5-3-4-12(16)8-13/h3-5,8,11,14,17H,2,6-7,9-10H2,1H3,(H,18,19). The smallest absolute Gasteiger partial charge is 0.238 e. The Morgan fingerprint density at radius 3 is 3.10 bits per heavy atom. The van der Waals surface area contributed by atoms with Gasteiger partial charge in [-0.25, -0.2) is 0 Å². The molecular weight excluding hydrogens is 276 g/mol. The van der Waals surface area contributed by atoms with E-state index in [1.165, 1.54) is 0 Å². The first kappa shape index (κ1) is 15.3. The lowest BCUT2D eigenvalue weighted by Gasteiger charge is -2.17. The third-order valence-corrected chi connectivity index (χ3v) is 3.78. The van der Waals surface area contributed by atoms with Crippen LogP contribution in [0.3, 0.4) is 0 Å². The molecule has 5 heteroatoms. The molecule has 0 spiro atoms. The highest BCUT2D eigenvalue weighted by molar-refractivity contribution is 6.30. The first-order chi connectivity index (χ1) is 9.69. The molecule has 0 aliphatic carbocycles. The van der Waals surface area contributed by atoms with Crippen molar-refractivity contribution in [1.82, 2.24) is 5.32 Å². The fraction of sp³-hybridized carbons (Fsp3) is 0.533. The summed E-state index contributed by atoms with van der Waals surface area (Å²) in [5.74, 6) is 0.457. The van der Waals surface area contributed by atoms with Crippen LogP contribution in [0.15, 0.2) is 24.3 Å². The quantitative estimate of drug-likeness (QED) is 0.848. The van der Waals surface area contributed by atoms with Crippen molar-refractivity contribution in [1.29, 1.82) is 0 Å². The second-order valence-electron chi connectivity index (χ2n) is 5.06. The number of rotatable bonds is 6. The Hall–Kier alpha value is -1.10. The molecule has 0 bridgehead atoms. The molecule has 0 radical (unpaired) electrons. The van der Waals surface area contributed by atoms with Gasteiger partial charge in [0, 0.05) is 23.9 Å². The van der Waals surface area contributed by atoms with Crippen LogP contribution in [-0.4, -0.2) is 31.7 Å². The predicted molar refractivity (Wildman–Crippen MR) is 81.1 cm³/mol. The van der Waals surface area contributed by atoms with Crippen molar-refractivity contribution in [2.24, 2.45) is 5.92 Å². The van der Waals surface area contributed by atoms with Gasteiger partial charge in [0.15, 0.2) is 0 Å². The summed E-state index contributed by atoms with van der Waals surface area (Å²) < 4.78 is 5.63. The van der Waals surface area contributed by atoms with Gasteiger partial charge in [-0.3, -0.25) is 4.79 Å². The molecule has 110 valence electrons. The van der Waals surface area contributed by atoms with Crippen molar-refractivity contribution in [3.05, 3.63) is 29.3 Å². The Labute approximate surface area is 124 Å². The van der Waals surface area contributed by atoms with Crippen molar-refractivity contribution in [2.75, 3.05) is 25.0 Å². The molecule has 1 fully saturated rings. The third-order valence-electron chi connectivity index (χ3n) is 3.55. The topological polar surface area (TPSA) is 50.4 Å². The summed E-state index contributed by atoms with van der Waals surface area (Å²) in [5.41, 5.74) is 0.722. The van der Waals surface area contributed by atoms with E-state index >= 15 is 0 Å². The monoisotopic (exact) mass is 296 g/mol. The number of hydrogen-bond donors (Lipinski definition) is 2. The first-order valence-corrected chi connectivity index (χ1v) is 7.44. The molecule has 0 saturated carbocycles. The van der Waals surface area contributed by atoms with Crippen LogP contribution in [-0.2, 0) is 9.53 Å². The first-order valence-electron chi connectivity index (χ1n) is 7.06. The second-order valence-corrected chi connectivity index (χ2v) is 5.49. The molecule has 4 nitrogen and oxygen atoms in total. The number of nitrogens with one attached hydrogen (secondary N) is 2. The van der Waals surface area contributed by atoms with Crippen molar-refractivity contribution in [3.63, 3.8) is 0 Å². The molecule has 2 atom stereocenters. The summed E-state index contributed by atoms with van der Waals surface area (Å²) in [6.07, 6.45) is 2.43. The van der Waals surface area contributed by atoms with Crippen LogP contribution in [0.1, 0.15) is 19.8 Å². The van der Waals surface area contributed by atoms with E-state index < -0.39 is 0 Å². The molecule has 1 aromatic rings. The van der Waals surface area contributed by atoms with E-state index in [0.29, 0.717) is 23.6 Å². The maximum absolute atomic E-state index is 11.8. The highest BCUT2D eigenvalue weighted by Crippen LogP contribution is 2.22. The highest BCUT2D eigenvalue weighted by atomic mass is 35.5. The fourth-order valence-corrected chi connectivity index (χ4v) is 2.71. The summed E-state index contributed by atoms with van der Waals surface area (Å²) in [7, 11) is 0. The molecular formula is C15H21ClN2O2. The van der Waals surface area contributed by atoms with Gasteiger partial charge in [-0.15, -0.1) is 0 Å². The zero-order valence-corrected chi connectivity index (χ0v) is 12.5. The molecule has 1 amide bonds. The van der Waals surface area contributed by atoms with E-state index in [2.05, 4.69) is 17.6 Å². The number of amides is 1. The van der Waals surface area contributed by atoms with Gasteiger partial charge < -0.3 is 15.4 Å². The average Bonchev–Trinajstić information content (AvgIpc) is 2.86. The summed E-state index contributed by atoms with van der Waals surface area (Å²) in [4.78, 5) is 11.8. The van der Waals surface area contributed by atoms with Gasteiger partial charge in [0.2, 0.25) is 5.91 Å². The number of carbonyl (C=O) groups excluding carboxylic acids is 1. The van der Waals surface area contributed by atoms with Crippen LogP contribution < -0.4 is 10.6 Å². The van der Waals surface area contributed by atoms with E-state index in [9.17, 15) is 4.79 Å². The molecule has 1 aliphatic rings. The summed E-state index contributed by atoms with van der Waals surface area (Å²) in [6.45, 7) is 4.09. The molecule has 1 aromatic carbocycles. The molecule has 1 heterocycles. The lowest BCUT2D eigenvalue weighted by Crippen LogP contribution is -2.34. The van der Waals surface area contributed by atoms with Crippen molar-refractivity contribution in [3.8, 4) is 0 Å². The summed E-state index contributed by atoms with van der Waals surface area (Å²) in [5, 5.41) is 6.63. The van der Waals surface area contributed by atoms with Gasteiger partial charge in [-0.2, -0.15) is 0 Å². The largest absolute Gasteiger partial charge is 0.378 e. The molecule has 2 rings (SSSR count). The van der Waals surface area contributed by atoms with Gasteiger partial charge in [-0.05, 0) is 37.0 Å². The minimum Gasteiger partial charge on any atom is -0.378 e. The van der Waals surface area contributed by atoms with E-state index in [1.54, 1.807) is 12.1 Å². The molecule has 2 unspecified atom stereocenters. The lowest BCUT2D eigenvalue weighted by molar-refractivity contribution is -0.115. The minimum atomic E-state index is -0.0563. The van der Waals surface area contributed by atoms with Crippen LogP contribution in [0, 0.1) is 5.92 Å². The van der Waals surface area contributed by atoms with Crippen LogP contribution in [0.4, 0.5) is 5.69 Å². The van der Waals surface area contributed by atoms with E-state index in [4.69, 9.17) is 16.3 Å². The maximum Gasteiger partial charge on any atom is 0.238 e. The fourth-order valence-electron chi connectivity index (χ4n) is 2.52. The second kappa shape index (κ2) is 7.62. The number of anilines is 1. The lowest BCUT2D eigenvalue weighted by atomic mass is 10.00. The predicted octanol–water partition coefficient (Wildman–Crippen LogP) is 2.68. The Balaban J connectivity index is 1.70. The van der Waals surface area contributed by atoms with Crippen LogP contribution in [0.5, 0.6) is 0 Å². The molecule has 20 heavy (non-hydrogen) atoms. The number of carbonyl (C=O) groups is 1. The molecule has 0 aromatic heterocycles. The Morgan fingerprint density at radius 2 is 2.35 bits per heavy atom. The number of ether oxygens (including phenoxy) is 1. The number of halogens is 1. The molecule has 1 aliphatic heterocycles. The Bertz CT molecular complexity index is 453. The number of hydrogen-bond acceptors (Lipinski definition) is 3.